The number of carbonyl (C=O) groups is 2. The smallest absolute Gasteiger partial charge is 0.406 e. The Labute approximate surface area is 255 Å². The van der Waals surface area contributed by atoms with E-state index in [0.717, 1.165) is 23.3 Å². The highest BCUT2D eigenvalue weighted by molar-refractivity contribution is 6.23. The minimum atomic E-state index is -4.79. The molecule has 10 nitrogen and oxygen atoms in total. The van der Waals surface area contributed by atoms with Crippen molar-refractivity contribution in [1.29, 1.82) is 0 Å². The van der Waals surface area contributed by atoms with Crippen molar-refractivity contribution >= 4 is 23.6 Å². The molecule has 0 fully saturated rings. The van der Waals surface area contributed by atoms with Crippen LogP contribution in [0.2, 0.25) is 0 Å². The molecule has 3 aromatic carbocycles. The van der Waals surface area contributed by atoms with Crippen LogP contribution >= 0.6 is 0 Å². The van der Waals surface area contributed by atoms with Crippen LogP contribution in [-0.2, 0) is 4.79 Å². The number of carbonyl (C=O) groups excluding carboxylic acids is 2. The quantitative estimate of drug-likeness (QED) is 0.235. The third-order valence-electron chi connectivity index (χ3n) is 6.90. The molecule has 14 heteroatoms. The van der Waals surface area contributed by atoms with Gasteiger partial charge in [-0.25, -0.2) is 28.7 Å². The van der Waals surface area contributed by atoms with Gasteiger partial charge >= 0.3 is 12.4 Å². The molecule has 45 heavy (non-hydrogen) atoms. The zero-order chi connectivity index (χ0) is 32.3. The van der Waals surface area contributed by atoms with Gasteiger partial charge < -0.3 is 10.1 Å². The number of hydrogen-bond donors (Lipinski definition) is 2. The highest BCUT2D eigenvalue weighted by atomic mass is 19.4. The number of aromatic nitrogens is 3. The number of guanidine groups is 1. The summed E-state index contributed by atoms with van der Waals surface area (Å²) in [7, 11) is 0. The number of rotatable bonds is 8. The van der Waals surface area contributed by atoms with Crippen molar-refractivity contribution in [1.82, 2.24) is 25.4 Å². The first-order valence-electron chi connectivity index (χ1n) is 13.9. The number of nitrogens with one attached hydrogen (secondary N) is 2. The maximum atomic E-state index is 15.0. The highest BCUT2D eigenvalue weighted by Gasteiger charge is 2.32. The first kappa shape index (κ1) is 31.2. The molecule has 1 aliphatic rings. The zero-order valence-electron chi connectivity index (χ0n) is 24.5. The Bertz CT molecular complexity index is 1720. The van der Waals surface area contributed by atoms with Crippen molar-refractivity contribution in [3.05, 3.63) is 89.7 Å². The number of aliphatic imine (C=N–C) groups is 1. The summed E-state index contributed by atoms with van der Waals surface area (Å²) in [5.74, 6) is -0.134. The summed E-state index contributed by atoms with van der Waals surface area (Å²) in [6.45, 7) is 5.46. The first-order valence-corrected chi connectivity index (χ1v) is 13.9. The number of anilines is 1. The number of ether oxygens (including phenoxy) is 1. The third-order valence-corrected chi connectivity index (χ3v) is 6.90. The van der Waals surface area contributed by atoms with Gasteiger partial charge in [-0.05, 0) is 59.9 Å². The van der Waals surface area contributed by atoms with E-state index in [1.807, 2.05) is 39.0 Å². The minimum Gasteiger partial charge on any atom is -0.406 e. The summed E-state index contributed by atoms with van der Waals surface area (Å²) < 4.78 is 57.5. The molecule has 234 valence electrons. The van der Waals surface area contributed by atoms with Crippen molar-refractivity contribution in [3.63, 3.8) is 0 Å². The maximum absolute atomic E-state index is 15.0. The van der Waals surface area contributed by atoms with Crippen LogP contribution in [0, 0.1) is 6.92 Å². The standard InChI is InChI=1S/C31H29F4N7O3/c1-18(2)24-13-4-19(3)14-26(24)42-27(43)16-36-29(42)39-30(44)37-15-25(32)20-5-7-21(8-6-20)28-38-17-41(40-28)22-9-11-23(12-10-22)45-31(33,34)35/h4-14,17-18,25H,15-16H2,1-3H3,(H2,36,37,39,44). The minimum absolute atomic E-state index is 0.0716. The van der Waals surface area contributed by atoms with Crippen molar-refractivity contribution in [2.45, 2.75) is 39.2 Å². The van der Waals surface area contributed by atoms with Gasteiger partial charge in [0.05, 0.1) is 17.9 Å². The normalized spacial score (nSPS) is 14.0. The fourth-order valence-electron chi connectivity index (χ4n) is 4.69. The van der Waals surface area contributed by atoms with Crippen LogP contribution in [0.3, 0.4) is 0 Å². The lowest BCUT2D eigenvalue weighted by Crippen LogP contribution is -2.48. The van der Waals surface area contributed by atoms with E-state index in [0.29, 0.717) is 28.3 Å². The predicted molar refractivity (Wildman–Crippen MR) is 159 cm³/mol. The number of urea groups is 1. The number of hydrogen-bond acceptors (Lipinski definition) is 6. The van der Waals surface area contributed by atoms with E-state index in [9.17, 15) is 22.8 Å². The molecule has 0 saturated heterocycles. The molecule has 1 unspecified atom stereocenters. The Kier molecular flexibility index (Phi) is 8.84. The number of amides is 3. The Morgan fingerprint density at radius 1 is 1.04 bits per heavy atom. The average Bonchev–Trinajstić information content (AvgIpc) is 3.62. The second-order valence-electron chi connectivity index (χ2n) is 10.6. The van der Waals surface area contributed by atoms with Gasteiger partial charge in [0, 0.05) is 5.56 Å². The molecule has 0 radical (unpaired) electrons. The zero-order valence-corrected chi connectivity index (χ0v) is 24.5. The fourth-order valence-corrected chi connectivity index (χ4v) is 4.69. The number of nitrogens with zero attached hydrogens (tertiary/aromatic N) is 5. The first-order chi connectivity index (χ1) is 21.4. The van der Waals surface area contributed by atoms with Crippen LogP contribution < -0.4 is 20.3 Å². The Hall–Kier alpha value is -5.27. The number of benzene rings is 3. The lowest BCUT2D eigenvalue weighted by atomic mass is 9.98. The molecule has 0 aliphatic carbocycles. The molecule has 1 aromatic heterocycles. The molecule has 5 rings (SSSR count). The Balaban J connectivity index is 1.17. The Morgan fingerprint density at radius 3 is 2.42 bits per heavy atom. The van der Waals surface area contributed by atoms with Gasteiger partial charge in [-0.3, -0.25) is 10.1 Å². The van der Waals surface area contributed by atoms with Crippen molar-refractivity contribution in [2.75, 3.05) is 18.0 Å². The second-order valence-corrected chi connectivity index (χ2v) is 10.6. The topological polar surface area (TPSA) is 114 Å². The van der Waals surface area contributed by atoms with Gasteiger partial charge in [0.1, 0.15) is 24.8 Å². The van der Waals surface area contributed by atoms with E-state index < -0.39 is 18.6 Å². The Morgan fingerprint density at radius 2 is 1.76 bits per heavy atom. The summed E-state index contributed by atoms with van der Waals surface area (Å²) in [4.78, 5) is 35.1. The highest BCUT2D eigenvalue weighted by Crippen LogP contribution is 2.30. The molecular formula is C31H29F4N7O3. The van der Waals surface area contributed by atoms with Crippen molar-refractivity contribution < 1.29 is 31.9 Å². The van der Waals surface area contributed by atoms with Crippen molar-refractivity contribution in [3.8, 4) is 22.8 Å². The van der Waals surface area contributed by atoms with E-state index in [-0.39, 0.29) is 36.6 Å². The monoisotopic (exact) mass is 623 g/mol. The second kappa shape index (κ2) is 12.8. The predicted octanol–water partition coefficient (Wildman–Crippen LogP) is 5.98. The lowest BCUT2D eigenvalue weighted by molar-refractivity contribution is -0.274. The van der Waals surface area contributed by atoms with Gasteiger partial charge in [0.25, 0.3) is 5.91 Å². The van der Waals surface area contributed by atoms with Crippen LogP contribution in [-0.4, -0.2) is 52.1 Å². The lowest BCUT2D eigenvalue weighted by Gasteiger charge is -2.24. The molecule has 2 N–H and O–H groups in total. The summed E-state index contributed by atoms with van der Waals surface area (Å²) in [6, 6.07) is 16.5. The number of aryl methyl sites for hydroxylation is 1. The molecule has 4 aromatic rings. The summed E-state index contributed by atoms with van der Waals surface area (Å²) in [5, 5.41) is 9.39. The molecule has 0 saturated carbocycles. The molecule has 0 bridgehead atoms. The number of halogens is 4. The van der Waals surface area contributed by atoms with Crippen molar-refractivity contribution in [2.24, 2.45) is 4.99 Å². The molecule has 1 aliphatic heterocycles. The average molecular weight is 624 g/mol. The van der Waals surface area contributed by atoms with Gasteiger partial charge in [-0.1, -0.05) is 50.2 Å². The molecule has 1 atom stereocenters. The maximum Gasteiger partial charge on any atom is 0.573 e. The summed E-state index contributed by atoms with van der Waals surface area (Å²) in [5.41, 5.74) is 3.85. The molecular weight excluding hydrogens is 594 g/mol. The molecule has 3 amide bonds. The van der Waals surface area contributed by atoms with E-state index in [2.05, 4.69) is 30.4 Å². The van der Waals surface area contributed by atoms with E-state index in [4.69, 9.17) is 0 Å². The van der Waals surface area contributed by atoms with Gasteiger partial charge in [0.15, 0.2) is 5.82 Å². The largest absolute Gasteiger partial charge is 0.573 e. The SMILES string of the molecule is Cc1ccc(C(C)C)c(N2C(=O)CN=C2NC(=O)NCC(F)c2ccc(-c3ncn(-c4ccc(OC(F)(F)F)cc4)n3)cc2)c1. The molecule has 0 spiro atoms. The van der Waals surface area contributed by atoms with Gasteiger partial charge in [-0.2, -0.15) is 0 Å². The number of alkyl halides is 4. The third kappa shape index (κ3) is 7.45. The van der Waals surface area contributed by atoms with Crippen LogP contribution in [0.1, 0.15) is 42.6 Å². The van der Waals surface area contributed by atoms with Crippen LogP contribution in [0.25, 0.3) is 17.1 Å². The molecule has 2 heterocycles. The summed E-state index contributed by atoms with van der Waals surface area (Å²) in [6.07, 6.45) is -4.93. The van der Waals surface area contributed by atoms with Crippen LogP contribution in [0.4, 0.5) is 28.0 Å². The van der Waals surface area contributed by atoms with Crippen LogP contribution in [0.15, 0.2) is 78.0 Å². The van der Waals surface area contributed by atoms with E-state index >= 15 is 4.39 Å². The van der Waals surface area contributed by atoms with E-state index in [1.54, 1.807) is 12.1 Å². The van der Waals surface area contributed by atoms with E-state index in [1.165, 1.54) is 40.2 Å². The van der Waals surface area contributed by atoms with Crippen LogP contribution in [0.5, 0.6) is 5.75 Å². The van der Waals surface area contributed by atoms with Gasteiger partial charge in [-0.15, -0.1) is 18.3 Å². The summed E-state index contributed by atoms with van der Waals surface area (Å²) >= 11 is 0. The fraction of sp³-hybridized carbons (Fsp3) is 0.258. The van der Waals surface area contributed by atoms with Gasteiger partial charge in [0.2, 0.25) is 5.96 Å².